The molecule has 0 bridgehead atoms. The van der Waals surface area contributed by atoms with E-state index in [-0.39, 0.29) is 38.1 Å². The van der Waals surface area contributed by atoms with Gasteiger partial charge in [0.25, 0.3) is 0 Å². The van der Waals surface area contributed by atoms with Crippen LogP contribution in [0.1, 0.15) is 21.6 Å². The number of halogens is 3. The molecule has 3 rings (SSSR count). The summed E-state index contributed by atoms with van der Waals surface area (Å²) in [4.78, 5) is 20.7. The van der Waals surface area contributed by atoms with Crippen molar-refractivity contribution < 1.29 is 9.18 Å². The van der Waals surface area contributed by atoms with Crippen LogP contribution in [0.2, 0.25) is 10.0 Å². The molecule has 0 aliphatic carbocycles. The van der Waals surface area contributed by atoms with Crippen LogP contribution in [-0.4, -0.2) is 15.1 Å². The number of aromatic nitrogens is 2. The molecule has 0 saturated carbocycles. The van der Waals surface area contributed by atoms with E-state index in [9.17, 15) is 9.18 Å². The molecule has 0 atom stereocenters. The van der Waals surface area contributed by atoms with Gasteiger partial charge in [0.2, 0.25) is 5.12 Å². The minimum Gasteiger partial charge on any atom is -0.382 e. The number of carbonyl (C=O) groups excluding carboxylic acids is 1. The second kappa shape index (κ2) is 8.25. The fourth-order valence-electron chi connectivity index (χ4n) is 2.29. The summed E-state index contributed by atoms with van der Waals surface area (Å²) in [5.41, 5.74) is 7.96. The smallest absolute Gasteiger partial charge is 0.239 e. The van der Waals surface area contributed by atoms with Crippen LogP contribution in [0.25, 0.3) is 11.4 Å². The molecular formula is C19H14Cl2FN3OS. The van der Waals surface area contributed by atoms with E-state index in [1.807, 2.05) is 31.2 Å². The van der Waals surface area contributed by atoms with Crippen LogP contribution in [0.3, 0.4) is 0 Å². The number of carbonyl (C=O) groups is 1. The standard InChI is InChI=1S/C19H14Cl2FN3OS/c1-10-2-4-11(5-3-10)9-27-19(26)16-15(21)17(23)25-18(24-16)13-7-6-12(20)8-14(13)22/h2-8H,9H2,1H3,(H2,23,24,25). The molecule has 1 aromatic heterocycles. The number of benzene rings is 2. The lowest BCUT2D eigenvalue weighted by Gasteiger charge is -2.09. The molecule has 0 aliphatic rings. The zero-order valence-electron chi connectivity index (χ0n) is 14.2. The fraction of sp³-hybridized carbons (Fsp3) is 0.105. The van der Waals surface area contributed by atoms with Crippen molar-refractivity contribution >= 4 is 45.9 Å². The lowest BCUT2D eigenvalue weighted by atomic mass is 10.2. The Bertz CT molecular complexity index is 1010. The molecule has 0 unspecified atom stereocenters. The minimum atomic E-state index is -0.616. The Balaban J connectivity index is 1.89. The maximum Gasteiger partial charge on any atom is 0.239 e. The first kappa shape index (κ1) is 19.6. The predicted octanol–water partition coefficient (Wildman–Crippen LogP) is 5.55. The van der Waals surface area contributed by atoms with Crippen molar-refractivity contribution in [3.8, 4) is 11.4 Å². The number of hydrogen-bond acceptors (Lipinski definition) is 5. The Morgan fingerprint density at radius 1 is 1.15 bits per heavy atom. The molecule has 0 fully saturated rings. The second-order valence-corrected chi connectivity index (χ2v) is 7.54. The number of nitrogens with two attached hydrogens (primary N) is 1. The highest BCUT2D eigenvalue weighted by Crippen LogP contribution is 2.30. The Morgan fingerprint density at radius 3 is 2.52 bits per heavy atom. The summed E-state index contributed by atoms with van der Waals surface area (Å²) in [5.74, 6) is -0.278. The van der Waals surface area contributed by atoms with E-state index in [0.29, 0.717) is 5.75 Å². The number of rotatable bonds is 4. The number of nitrogen functional groups attached to an aromatic ring is 1. The van der Waals surface area contributed by atoms with Crippen molar-refractivity contribution in [1.29, 1.82) is 0 Å². The van der Waals surface area contributed by atoms with Gasteiger partial charge in [-0.2, -0.15) is 0 Å². The van der Waals surface area contributed by atoms with Crippen molar-refractivity contribution in [3.63, 3.8) is 0 Å². The molecule has 4 nitrogen and oxygen atoms in total. The van der Waals surface area contributed by atoms with E-state index in [0.717, 1.165) is 29.0 Å². The highest BCUT2D eigenvalue weighted by molar-refractivity contribution is 8.13. The summed E-state index contributed by atoms with van der Waals surface area (Å²) in [6.45, 7) is 1.99. The summed E-state index contributed by atoms with van der Waals surface area (Å²) < 4.78 is 14.2. The molecule has 1 heterocycles. The van der Waals surface area contributed by atoms with Crippen molar-refractivity contribution in [1.82, 2.24) is 9.97 Å². The van der Waals surface area contributed by atoms with Crippen molar-refractivity contribution in [3.05, 3.63) is 75.1 Å². The fourth-order valence-corrected chi connectivity index (χ4v) is 3.45. The predicted molar refractivity (Wildman–Crippen MR) is 109 cm³/mol. The highest BCUT2D eigenvalue weighted by atomic mass is 35.5. The van der Waals surface area contributed by atoms with Gasteiger partial charge in [0.05, 0.1) is 5.56 Å². The van der Waals surface area contributed by atoms with Gasteiger partial charge < -0.3 is 5.73 Å². The van der Waals surface area contributed by atoms with Gasteiger partial charge in [-0.15, -0.1) is 0 Å². The molecule has 2 N–H and O–H groups in total. The van der Waals surface area contributed by atoms with Gasteiger partial charge in [0.1, 0.15) is 22.4 Å². The van der Waals surface area contributed by atoms with E-state index in [2.05, 4.69) is 9.97 Å². The quantitative estimate of drug-likeness (QED) is 0.597. The third-order valence-electron chi connectivity index (χ3n) is 3.73. The molecular weight excluding hydrogens is 408 g/mol. The summed E-state index contributed by atoms with van der Waals surface area (Å²) >= 11 is 12.9. The molecule has 0 saturated heterocycles. The Hall–Kier alpha value is -2.15. The lowest BCUT2D eigenvalue weighted by Crippen LogP contribution is -2.07. The average Bonchev–Trinajstić information content (AvgIpc) is 2.63. The first-order valence-corrected chi connectivity index (χ1v) is 9.60. The van der Waals surface area contributed by atoms with E-state index in [4.69, 9.17) is 28.9 Å². The van der Waals surface area contributed by atoms with Crippen molar-refractivity contribution in [2.75, 3.05) is 5.73 Å². The average molecular weight is 422 g/mol. The van der Waals surface area contributed by atoms with Crippen LogP contribution >= 0.6 is 35.0 Å². The third-order valence-corrected chi connectivity index (χ3v) is 5.27. The Morgan fingerprint density at radius 2 is 1.85 bits per heavy atom. The van der Waals surface area contributed by atoms with E-state index in [1.165, 1.54) is 12.1 Å². The van der Waals surface area contributed by atoms with E-state index >= 15 is 0 Å². The molecule has 8 heteroatoms. The second-order valence-electron chi connectivity index (χ2n) is 5.78. The van der Waals surface area contributed by atoms with Crippen LogP contribution in [0.5, 0.6) is 0 Å². The molecule has 138 valence electrons. The summed E-state index contributed by atoms with van der Waals surface area (Å²) in [6, 6.07) is 11.9. The van der Waals surface area contributed by atoms with Crippen LogP contribution in [0.15, 0.2) is 42.5 Å². The van der Waals surface area contributed by atoms with E-state index < -0.39 is 5.82 Å². The molecule has 0 aliphatic heterocycles. The molecule has 3 aromatic rings. The number of aryl methyl sites for hydroxylation is 1. The minimum absolute atomic E-state index is 0.0228. The molecule has 0 spiro atoms. The first-order chi connectivity index (χ1) is 12.8. The third kappa shape index (κ3) is 4.58. The van der Waals surface area contributed by atoms with Gasteiger partial charge in [0, 0.05) is 10.8 Å². The summed E-state index contributed by atoms with van der Waals surface area (Å²) in [5, 5.41) is -0.178. The van der Waals surface area contributed by atoms with Gasteiger partial charge in [-0.05, 0) is 30.7 Å². The maximum atomic E-state index is 14.2. The highest BCUT2D eigenvalue weighted by Gasteiger charge is 2.20. The topological polar surface area (TPSA) is 68.9 Å². The Kier molecular flexibility index (Phi) is 5.99. The normalized spacial score (nSPS) is 10.8. The van der Waals surface area contributed by atoms with Crippen LogP contribution in [-0.2, 0) is 5.75 Å². The SMILES string of the molecule is Cc1ccc(CSC(=O)c2nc(-c3ccc(Cl)cc3F)nc(N)c2Cl)cc1. The molecule has 2 aromatic carbocycles. The monoisotopic (exact) mass is 421 g/mol. The van der Waals surface area contributed by atoms with Gasteiger partial charge >= 0.3 is 0 Å². The first-order valence-electron chi connectivity index (χ1n) is 7.86. The summed E-state index contributed by atoms with van der Waals surface area (Å²) in [7, 11) is 0. The maximum absolute atomic E-state index is 14.2. The van der Waals surface area contributed by atoms with Gasteiger partial charge in [-0.1, -0.05) is 64.8 Å². The number of nitrogens with zero attached hydrogens (tertiary/aromatic N) is 2. The zero-order chi connectivity index (χ0) is 19.6. The summed E-state index contributed by atoms with van der Waals surface area (Å²) in [6.07, 6.45) is 0. The molecule has 0 radical (unpaired) electrons. The number of anilines is 1. The molecule has 27 heavy (non-hydrogen) atoms. The Labute approximate surface area is 169 Å². The van der Waals surface area contributed by atoms with Crippen LogP contribution in [0.4, 0.5) is 10.2 Å². The van der Waals surface area contributed by atoms with E-state index in [1.54, 1.807) is 0 Å². The largest absolute Gasteiger partial charge is 0.382 e. The number of thioether (sulfide) groups is 1. The van der Waals surface area contributed by atoms with Crippen LogP contribution < -0.4 is 5.73 Å². The number of hydrogen-bond donors (Lipinski definition) is 1. The van der Waals surface area contributed by atoms with Gasteiger partial charge in [-0.3, -0.25) is 4.79 Å². The van der Waals surface area contributed by atoms with Crippen molar-refractivity contribution in [2.24, 2.45) is 0 Å². The lowest BCUT2D eigenvalue weighted by molar-refractivity contribution is 0.108. The zero-order valence-corrected chi connectivity index (χ0v) is 16.5. The van der Waals surface area contributed by atoms with Crippen molar-refractivity contribution in [2.45, 2.75) is 12.7 Å². The molecule has 0 amide bonds. The van der Waals surface area contributed by atoms with Gasteiger partial charge in [-0.25, -0.2) is 14.4 Å². The van der Waals surface area contributed by atoms with Gasteiger partial charge in [0.15, 0.2) is 5.82 Å². The van der Waals surface area contributed by atoms with Crippen LogP contribution in [0, 0.1) is 12.7 Å².